The fraction of sp³-hybridized carbons (Fsp3) is 0.0833. The Bertz CT molecular complexity index is 522. The SMILES string of the molecule is Cc1ccc(-c2cccc(N=C=O)c2)o1. The molecule has 0 radical (unpaired) electrons. The molecule has 0 bridgehead atoms. The highest BCUT2D eigenvalue weighted by molar-refractivity contribution is 5.64. The van der Waals surface area contributed by atoms with E-state index in [1.54, 1.807) is 12.1 Å². The van der Waals surface area contributed by atoms with E-state index in [4.69, 9.17) is 4.42 Å². The lowest BCUT2D eigenvalue weighted by Gasteiger charge is -1.97. The summed E-state index contributed by atoms with van der Waals surface area (Å²) in [7, 11) is 0. The summed E-state index contributed by atoms with van der Waals surface area (Å²) in [6.45, 7) is 1.89. The van der Waals surface area contributed by atoms with Crippen molar-refractivity contribution in [2.45, 2.75) is 6.92 Å². The second-order valence-corrected chi connectivity index (χ2v) is 3.16. The Morgan fingerprint density at radius 3 is 2.80 bits per heavy atom. The number of carbonyl (C=O) groups excluding carboxylic acids is 1. The predicted octanol–water partition coefficient (Wildman–Crippen LogP) is 3.22. The van der Waals surface area contributed by atoms with Gasteiger partial charge in [0.2, 0.25) is 6.08 Å². The van der Waals surface area contributed by atoms with Crippen LogP contribution in [0.25, 0.3) is 11.3 Å². The van der Waals surface area contributed by atoms with Gasteiger partial charge in [-0.05, 0) is 31.2 Å². The second-order valence-electron chi connectivity index (χ2n) is 3.16. The monoisotopic (exact) mass is 199 g/mol. The normalized spacial score (nSPS) is 9.67. The smallest absolute Gasteiger partial charge is 0.240 e. The van der Waals surface area contributed by atoms with Crippen LogP contribution in [-0.2, 0) is 4.79 Å². The molecule has 2 aromatic rings. The van der Waals surface area contributed by atoms with Crippen molar-refractivity contribution in [3.8, 4) is 11.3 Å². The molecular formula is C12H9NO2. The topological polar surface area (TPSA) is 42.6 Å². The van der Waals surface area contributed by atoms with Crippen LogP contribution in [0.4, 0.5) is 5.69 Å². The van der Waals surface area contributed by atoms with E-state index in [0.717, 1.165) is 17.1 Å². The molecule has 2 rings (SSSR count). The van der Waals surface area contributed by atoms with Crippen LogP contribution in [0.2, 0.25) is 0 Å². The molecule has 0 N–H and O–H groups in total. The van der Waals surface area contributed by atoms with Gasteiger partial charge >= 0.3 is 0 Å². The maximum Gasteiger partial charge on any atom is 0.240 e. The largest absolute Gasteiger partial charge is 0.461 e. The molecular weight excluding hydrogens is 190 g/mol. The molecule has 74 valence electrons. The number of isocyanates is 1. The second kappa shape index (κ2) is 3.95. The van der Waals surface area contributed by atoms with E-state index in [9.17, 15) is 4.79 Å². The van der Waals surface area contributed by atoms with Crippen molar-refractivity contribution >= 4 is 11.8 Å². The van der Waals surface area contributed by atoms with Crippen LogP contribution < -0.4 is 0 Å². The number of nitrogens with zero attached hydrogens (tertiary/aromatic N) is 1. The molecule has 15 heavy (non-hydrogen) atoms. The van der Waals surface area contributed by atoms with Crippen molar-refractivity contribution in [3.63, 3.8) is 0 Å². The summed E-state index contributed by atoms with van der Waals surface area (Å²) in [6.07, 6.45) is 1.51. The van der Waals surface area contributed by atoms with Gasteiger partial charge < -0.3 is 4.42 Å². The van der Waals surface area contributed by atoms with Crippen LogP contribution >= 0.6 is 0 Å². The van der Waals surface area contributed by atoms with Crippen molar-refractivity contribution in [1.29, 1.82) is 0 Å². The molecule has 0 saturated carbocycles. The Hall–Kier alpha value is -2.12. The number of aliphatic imine (C=N–C) groups is 1. The Morgan fingerprint density at radius 2 is 2.13 bits per heavy atom. The maximum atomic E-state index is 10.1. The summed E-state index contributed by atoms with van der Waals surface area (Å²) >= 11 is 0. The average Bonchev–Trinajstić information content (AvgIpc) is 2.66. The van der Waals surface area contributed by atoms with Gasteiger partial charge in [0.1, 0.15) is 11.5 Å². The third-order valence-corrected chi connectivity index (χ3v) is 2.05. The van der Waals surface area contributed by atoms with Crippen molar-refractivity contribution in [1.82, 2.24) is 0 Å². The summed E-state index contributed by atoms with van der Waals surface area (Å²) in [5.41, 5.74) is 1.48. The number of furan rings is 1. The van der Waals surface area contributed by atoms with E-state index < -0.39 is 0 Å². The Labute approximate surface area is 87.1 Å². The van der Waals surface area contributed by atoms with Crippen LogP contribution in [0, 0.1) is 6.92 Å². The molecule has 3 nitrogen and oxygen atoms in total. The van der Waals surface area contributed by atoms with Gasteiger partial charge in [0.15, 0.2) is 0 Å². The zero-order chi connectivity index (χ0) is 10.7. The first-order chi connectivity index (χ1) is 7.29. The molecule has 0 amide bonds. The first-order valence-electron chi connectivity index (χ1n) is 4.54. The van der Waals surface area contributed by atoms with Crippen LogP contribution in [0.1, 0.15) is 5.76 Å². The van der Waals surface area contributed by atoms with E-state index in [-0.39, 0.29) is 0 Å². The number of aryl methyl sites for hydroxylation is 1. The van der Waals surface area contributed by atoms with Crippen molar-refractivity contribution < 1.29 is 9.21 Å². The quantitative estimate of drug-likeness (QED) is 0.550. The third kappa shape index (κ3) is 2.03. The molecule has 0 aliphatic carbocycles. The van der Waals surface area contributed by atoms with Gasteiger partial charge in [-0.15, -0.1) is 0 Å². The Kier molecular flexibility index (Phi) is 2.48. The number of hydrogen-bond acceptors (Lipinski definition) is 3. The molecule has 0 aliphatic heterocycles. The van der Waals surface area contributed by atoms with Gasteiger partial charge in [-0.1, -0.05) is 12.1 Å². The summed E-state index contributed by atoms with van der Waals surface area (Å²) in [6, 6.07) is 11.0. The maximum absolute atomic E-state index is 10.1. The van der Waals surface area contributed by atoms with Crippen LogP contribution in [0.15, 0.2) is 45.8 Å². The molecule has 1 aromatic heterocycles. The van der Waals surface area contributed by atoms with E-state index in [2.05, 4.69) is 4.99 Å². The Morgan fingerprint density at radius 1 is 1.27 bits per heavy atom. The highest BCUT2D eigenvalue weighted by atomic mass is 16.3. The molecule has 3 heteroatoms. The molecule has 0 spiro atoms. The minimum Gasteiger partial charge on any atom is -0.461 e. The fourth-order valence-electron chi connectivity index (χ4n) is 1.37. The van der Waals surface area contributed by atoms with Gasteiger partial charge in [-0.25, -0.2) is 4.79 Å². The Balaban J connectivity index is 2.44. The van der Waals surface area contributed by atoms with Gasteiger partial charge in [0.05, 0.1) is 5.69 Å². The zero-order valence-electron chi connectivity index (χ0n) is 8.23. The molecule has 0 atom stereocenters. The molecule has 0 saturated heterocycles. The molecule has 0 fully saturated rings. The van der Waals surface area contributed by atoms with E-state index in [1.165, 1.54) is 6.08 Å². The number of hydrogen-bond donors (Lipinski definition) is 0. The summed E-state index contributed by atoms with van der Waals surface area (Å²) in [5.74, 6) is 1.63. The van der Waals surface area contributed by atoms with E-state index >= 15 is 0 Å². The lowest BCUT2D eigenvalue weighted by atomic mass is 10.1. The summed E-state index contributed by atoms with van der Waals surface area (Å²) < 4.78 is 5.46. The predicted molar refractivity (Wildman–Crippen MR) is 56.7 cm³/mol. The lowest BCUT2D eigenvalue weighted by Crippen LogP contribution is -1.72. The molecule has 1 aromatic carbocycles. The summed E-state index contributed by atoms with van der Waals surface area (Å²) in [4.78, 5) is 13.7. The van der Waals surface area contributed by atoms with Gasteiger partial charge in [0, 0.05) is 5.56 Å². The van der Waals surface area contributed by atoms with Gasteiger partial charge in [0.25, 0.3) is 0 Å². The first kappa shape index (κ1) is 9.44. The van der Waals surface area contributed by atoms with Crippen molar-refractivity contribution in [2.75, 3.05) is 0 Å². The standard InChI is InChI=1S/C12H9NO2/c1-9-5-6-12(15-9)10-3-2-4-11(7-10)13-8-14/h2-7H,1H3. The highest BCUT2D eigenvalue weighted by Crippen LogP contribution is 2.25. The van der Waals surface area contributed by atoms with E-state index in [0.29, 0.717) is 5.69 Å². The molecule has 1 heterocycles. The van der Waals surface area contributed by atoms with Gasteiger partial charge in [-0.3, -0.25) is 0 Å². The number of benzene rings is 1. The lowest BCUT2D eigenvalue weighted by molar-refractivity contribution is 0.548. The highest BCUT2D eigenvalue weighted by Gasteiger charge is 2.02. The van der Waals surface area contributed by atoms with Crippen LogP contribution in [-0.4, -0.2) is 6.08 Å². The third-order valence-electron chi connectivity index (χ3n) is 2.05. The van der Waals surface area contributed by atoms with Crippen molar-refractivity contribution in [3.05, 3.63) is 42.2 Å². The molecule has 0 aliphatic rings. The van der Waals surface area contributed by atoms with Gasteiger partial charge in [-0.2, -0.15) is 4.99 Å². The molecule has 0 unspecified atom stereocenters. The van der Waals surface area contributed by atoms with Crippen LogP contribution in [0.3, 0.4) is 0 Å². The fourth-order valence-corrected chi connectivity index (χ4v) is 1.37. The zero-order valence-corrected chi connectivity index (χ0v) is 8.23. The summed E-state index contributed by atoms with van der Waals surface area (Å²) in [5, 5.41) is 0. The number of rotatable bonds is 2. The average molecular weight is 199 g/mol. The minimum absolute atomic E-state index is 0.580. The van der Waals surface area contributed by atoms with Crippen LogP contribution in [0.5, 0.6) is 0 Å². The van der Waals surface area contributed by atoms with Crippen molar-refractivity contribution in [2.24, 2.45) is 4.99 Å². The minimum atomic E-state index is 0.580. The first-order valence-corrected chi connectivity index (χ1v) is 4.54. The van der Waals surface area contributed by atoms with E-state index in [1.807, 2.05) is 31.2 Å².